The highest BCUT2D eigenvalue weighted by atomic mass is 16.1. The van der Waals surface area contributed by atoms with Crippen molar-refractivity contribution in [2.75, 3.05) is 18.0 Å². The lowest BCUT2D eigenvalue weighted by molar-refractivity contribution is 0.101. The van der Waals surface area contributed by atoms with Gasteiger partial charge in [0.2, 0.25) is 0 Å². The van der Waals surface area contributed by atoms with Gasteiger partial charge in [-0.1, -0.05) is 19.9 Å². The average Bonchev–Trinajstić information content (AvgIpc) is 3.65. The van der Waals surface area contributed by atoms with Crippen molar-refractivity contribution in [1.82, 2.24) is 29.2 Å². The van der Waals surface area contributed by atoms with E-state index in [-0.39, 0.29) is 24.3 Å². The Hall–Kier alpha value is -3.25. The van der Waals surface area contributed by atoms with E-state index in [0.29, 0.717) is 28.8 Å². The number of rotatable bonds is 7. The van der Waals surface area contributed by atoms with Crippen molar-refractivity contribution in [3.8, 4) is 6.07 Å². The Morgan fingerprint density at radius 3 is 2.57 bits per heavy atom. The summed E-state index contributed by atoms with van der Waals surface area (Å²) in [5.74, 6) is 1.29. The fourth-order valence-electron chi connectivity index (χ4n) is 5.39. The van der Waals surface area contributed by atoms with Crippen LogP contribution in [0.4, 0.5) is 5.82 Å². The van der Waals surface area contributed by atoms with Gasteiger partial charge in [-0.05, 0) is 44.2 Å². The van der Waals surface area contributed by atoms with Gasteiger partial charge in [-0.3, -0.25) is 19.1 Å². The van der Waals surface area contributed by atoms with E-state index in [1.54, 1.807) is 17.9 Å². The second-order valence-electron chi connectivity index (χ2n) is 9.94. The lowest BCUT2D eigenvalue weighted by Crippen LogP contribution is -2.59. The van der Waals surface area contributed by atoms with E-state index in [1.807, 2.05) is 0 Å². The average molecular weight is 475 g/mol. The van der Waals surface area contributed by atoms with Crippen LogP contribution in [-0.4, -0.2) is 54.4 Å². The highest BCUT2D eigenvalue weighted by Gasteiger charge is 2.37. The van der Waals surface area contributed by atoms with Gasteiger partial charge in [0.15, 0.2) is 11.3 Å². The van der Waals surface area contributed by atoms with Crippen LogP contribution in [0.2, 0.25) is 0 Å². The van der Waals surface area contributed by atoms with Gasteiger partial charge in [0.25, 0.3) is 0 Å². The molecule has 9 heteroatoms. The zero-order chi connectivity index (χ0) is 24.7. The minimum atomic E-state index is -0.301. The molecule has 5 rings (SSSR count). The molecule has 2 aliphatic rings. The maximum Gasteiger partial charge on any atom is 0.349 e. The van der Waals surface area contributed by atoms with Crippen molar-refractivity contribution >= 4 is 16.9 Å². The summed E-state index contributed by atoms with van der Waals surface area (Å²) in [7, 11) is 1.70. The Labute approximate surface area is 206 Å². The normalized spacial score (nSPS) is 21.9. The summed E-state index contributed by atoms with van der Waals surface area (Å²) < 4.78 is 3.10. The third-order valence-electron chi connectivity index (χ3n) is 7.77. The molecule has 0 unspecified atom stereocenters. The molecule has 0 spiro atoms. The second-order valence-corrected chi connectivity index (χ2v) is 9.94. The monoisotopic (exact) mass is 474 g/mol. The largest absolute Gasteiger partial charge is 0.349 e. The number of fused-ring (bicyclic) bond motifs is 1. The Balaban J connectivity index is 1.46. The van der Waals surface area contributed by atoms with Crippen LogP contribution in [0.25, 0.3) is 11.0 Å². The van der Waals surface area contributed by atoms with Gasteiger partial charge in [-0.2, -0.15) is 15.3 Å². The zero-order valence-electron chi connectivity index (χ0n) is 21.1. The van der Waals surface area contributed by atoms with Crippen LogP contribution in [0.3, 0.4) is 0 Å². The summed E-state index contributed by atoms with van der Waals surface area (Å²) in [6.45, 7) is 8.46. The molecule has 0 bridgehead atoms. The molecule has 0 aromatic carbocycles. The highest BCUT2D eigenvalue weighted by molar-refractivity contribution is 5.85. The molecule has 0 amide bonds. The highest BCUT2D eigenvalue weighted by Crippen LogP contribution is 2.39. The molecular formula is C26H34N8O. The minimum Gasteiger partial charge on any atom is -0.349 e. The number of nitriles is 1. The van der Waals surface area contributed by atoms with Gasteiger partial charge in [0.05, 0.1) is 17.8 Å². The van der Waals surface area contributed by atoms with E-state index in [9.17, 15) is 4.79 Å². The molecule has 1 saturated heterocycles. The van der Waals surface area contributed by atoms with E-state index in [2.05, 4.69) is 65.1 Å². The molecule has 9 nitrogen and oxygen atoms in total. The van der Waals surface area contributed by atoms with Gasteiger partial charge >= 0.3 is 5.69 Å². The Bertz CT molecular complexity index is 1300. The van der Waals surface area contributed by atoms with Crippen LogP contribution in [0.1, 0.15) is 69.7 Å². The van der Waals surface area contributed by atoms with Crippen LogP contribution in [0, 0.1) is 11.3 Å². The third kappa shape index (κ3) is 4.31. The topological polar surface area (TPSA) is 95.9 Å². The van der Waals surface area contributed by atoms with E-state index >= 15 is 0 Å². The number of aromatic nitrogens is 5. The van der Waals surface area contributed by atoms with Crippen LogP contribution in [0.15, 0.2) is 29.3 Å². The summed E-state index contributed by atoms with van der Waals surface area (Å²) in [6, 6.07) is 7.34. The van der Waals surface area contributed by atoms with Gasteiger partial charge in [-0.15, -0.1) is 0 Å². The first kappa shape index (κ1) is 23.5. The molecule has 3 atom stereocenters. The molecule has 4 heterocycles. The number of anilines is 1. The molecule has 1 aliphatic heterocycles. The van der Waals surface area contributed by atoms with Crippen molar-refractivity contribution in [2.24, 2.45) is 7.05 Å². The fourth-order valence-corrected chi connectivity index (χ4v) is 5.39. The minimum absolute atomic E-state index is 0.135. The molecule has 1 aliphatic carbocycles. The van der Waals surface area contributed by atoms with E-state index in [1.165, 1.54) is 28.7 Å². The van der Waals surface area contributed by atoms with Gasteiger partial charge in [-0.25, -0.2) is 4.79 Å². The Kier molecular flexibility index (Phi) is 6.32. The molecule has 0 N–H and O–H groups in total. The lowest BCUT2D eigenvalue weighted by atomic mass is 9.97. The van der Waals surface area contributed by atoms with Crippen LogP contribution in [-0.2, 0) is 13.6 Å². The Morgan fingerprint density at radius 2 is 1.94 bits per heavy atom. The molecule has 3 aromatic rings. The number of hydrogen-bond acceptors (Lipinski definition) is 7. The predicted molar refractivity (Wildman–Crippen MR) is 135 cm³/mol. The van der Waals surface area contributed by atoms with Crippen molar-refractivity contribution < 1.29 is 0 Å². The summed E-state index contributed by atoms with van der Waals surface area (Å²) in [5.41, 5.74) is 3.55. The van der Waals surface area contributed by atoms with Crippen LogP contribution in [0.5, 0.6) is 0 Å². The van der Waals surface area contributed by atoms with E-state index in [0.717, 1.165) is 25.9 Å². The molecule has 35 heavy (non-hydrogen) atoms. The maximum absolute atomic E-state index is 12.8. The Morgan fingerprint density at radius 1 is 1.17 bits per heavy atom. The van der Waals surface area contributed by atoms with Crippen molar-refractivity contribution in [3.05, 3.63) is 46.3 Å². The molecule has 3 aromatic heterocycles. The van der Waals surface area contributed by atoms with Crippen molar-refractivity contribution in [2.45, 2.75) is 77.0 Å². The predicted octanol–water partition coefficient (Wildman–Crippen LogP) is 3.37. The number of piperazine rings is 1. The fraction of sp³-hybridized carbons (Fsp3) is 0.577. The first-order valence-corrected chi connectivity index (χ1v) is 12.7. The smallest absolute Gasteiger partial charge is 0.349 e. The van der Waals surface area contributed by atoms with E-state index < -0.39 is 0 Å². The van der Waals surface area contributed by atoms with Gasteiger partial charge in [0.1, 0.15) is 6.54 Å². The molecular weight excluding hydrogens is 440 g/mol. The standard InChI is InChI=1S/C26H34N8O/c1-5-20-15-34(25-24-23(31(4)26(35)29-25)16-32(30-24)12-11-27)21(6-2)14-33(20)17(3)19-9-10-22(28-13-19)18-7-8-18/h9-10,13,16-18,20-21H,5-8,12,14-15H2,1-4H3/t17-,20-,21+/m1/s1. The number of hydrogen-bond donors (Lipinski definition) is 0. The first-order valence-electron chi connectivity index (χ1n) is 12.7. The summed E-state index contributed by atoms with van der Waals surface area (Å²) >= 11 is 0. The number of nitrogens with zero attached hydrogens (tertiary/aromatic N) is 8. The van der Waals surface area contributed by atoms with Crippen LogP contribution >= 0.6 is 0 Å². The number of aryl methyl sites for hydroxylation is 1. The quantitative estimate of drug-likeness (QED) is 0.518. The molecule has 2 fully saturated rings. The van der Waals surface area contributed by atoms with Gasteiger partial charge < -0.3 is 4.90 Å². The van der Waals surface area contributed by atoms with E-state index in [4.69, 9.17) is 10.2 Å². The second kappa shape index (κ2) is 9.42. The van der Waals surface area contributed by atoms with Crippen molar-refractivity contribution in [3.63, 3.8) is 0 Å². The summed E-state index contributed by atoms with van der Waals surface area (Å²) in [4.78, 5) is 26.9. The summed E-state index contributed by atoms with van der Waals surface area (Å²) in [6.07, 6.45) is 8.26. The summed E-state index contributed by atoms with van der Waals surface area (Å²) in [5, 5.41) is 13.8. The lowest BCUT2D eigenvalue weighted by Gasteiger charge is -2.49. The van der Waals surface area contributed by atoms with Gasteiger partial charge in [0, 0.05) is 56.1 Å². The maximum atomic E-state index is 12.8. The van der Waals surface area contributed by atoms with Crippen molar-refractivity contribution in [1.29, 1.82) is 5.26 Å². The molecule has 0 radical (unpaired) electrons. The number of pyridine rings is 1. The zero-order valence-corrected chi connectivity index (χ0v) is 21.1. The first-order chi connectivity index (χ1) is 16.9. The SMILES string of the molecule is CC[C@H]1CN([C@H](C)c2ccc(C3CC3)nc2)[C@H](CC)CN1c1nc(=O)n(C)c2cn(CC#N)nc12. The molecule has 184 valence electrons. The van der Waals surface area contributed by atoms with Crippen LogP contribution < -0.4 is 10.6 Å². The third-order valence-corrected chi connectivity index (χ3v) is 7.77. The molecule has 1 saturated carbocycles.